The lowest BCUT2D eigenvalue weighted by atomic mass is 10.2. The molecule has 1 aromatic rings. The number of carbonyl (C=O) groups excluding carboxylic acids is 1. The third-order valence-electron chi connectivity index (χ3n) is 2.08. The number of carbonyl (C=O) groups is 1. The Labute approximate surface area is 94.4 Å². The van der Waals surface area contributed by atoms with Gasteiger partial charge in [0.2, 0.25) is 5.91 Å². The summed E-state index contributed by atoms with van der Waals surface area (Å²) < 4.78 is 0. The van der Waals surface area contributed by atoms with Gasteiger partial charge < -0.3 is 0 Å². The first-order valence-electron chi connectivity index (χ1n) is 4.83. The molecule has 3 nitrogen and oxygen atoms in total. The van der Waals surface area contributed by atoms with Crippen LogP contribution in [0.25, 0.3) is 0 Å². The zero-order chi connectivity index (χ0) is 11.3. The lowest BCUT2D eigenvalue weighted by Crippen LogP contribution is -2.30. The van der Waals surface area contributed by atoms with Crippen molar-refractivity contribution in [2.75, 3.05) is 5.75 Å². The molecular weight excluding hydrogens is 208 g/mol. The van der Waals surface area contributed by atoms with Crippen molar-refractivity contribution < 1.29 is 4.79 Å². The first-order chi connectivity index (χ1) is 7.13. The fraction of sp³-hybridized carbons (Fsp3) is 0.364. The van der Waals surface area contributed by atoms with Gasteiger partial charge in [-0.05, 0) is 25.5 Å². The Bertz CT molecular complexity index is 352. The van der Waals surface area contributed by atoms with Gasteiger partial charge in [0.15, 0.2) is 0 Å². The van der Waals surface area contributed by atoms with Gasteiger partial charge in [-0.1, -0.05) is 17.7 Å². The molecule has 0 bridgehead atoms. The summed E-state index contributed by atoms with van der Waals surface area (Å²) in [5.41, 5.74) is 4.64. The molecule has 0 heterocycles. The second-order valence-corrected chi connectivity index (χ2v) is 4.57. The summed E-state index contributed by atoms with van der Waals surface area (Å²) in [5.74, 6) is 5.63. The molecule has 1 rings (SSSR count). The van der Waals surface area contributed by atoms with Crippen LogP contribution in [-0.4, -0.2) is 11.7 Å². The molecule has 0 saturated heterocycles. The molecule has 1 amide bonds. The number of nitrogens with one attached hydrogen (secondary N) is 1. The Hall–Kier alpha value is -1.00. The van der Waals surface area contributed by atoms with E-state index >= 15 is 0 Å². The number of hydrogen-bond donors (Lipinski definition) is 2. The number of hydrogen-bond acceptors (Lipinski definition) is 3. The lowest BCUT2D eigenvalue weighted by molar-refractivity contribution is -0.120. The van der Waals surface area contributed by atoms with Crippen LogP contribution in [0.1, 0.15) is 17.5 Å². The standard InChI is InChI=1S/C11H16N2OS/c1-8-3-4-10(9(2)7-8)15-6-5-11(14)13-12/h3-4,7H,5-6,12H2,1-2H3,(H,13,14). The van der Waals surface area contributed by atoms with Crippen LogP contribution in [0, 0.1) is 13.8 Å². The van der Waals surface area contributed by atoms with E-state index in [4.69, 9.17) is 5.84 Å². The third-order valence-corrected chi connectivity index (χ3v) is 3.26. The van der Waals surface area contributed by atoms with E-state index in [1.165, 1.54) is 16.0 Å². The van der Waals surface area contributed by atoms with Crippen LogP contribution in [0.15, 0.2) is 23.1 Å². The topological polar surface area (TPSA) is 55.1 Å². The van der Waals surface area contributed by atoms with Gasteiger partial charge in [-0.3, -0.25) is 10.2 Å². The molecule has 0 saturated carbocycles. The quantitative estimate of drug-likeness (QED) is 0.355. The maximum atomic E-state index is 10.9. The number of rotatable bonds is 4. The zero-order valence-corrected chi connectivity index (χ0v) is 9.86. The highest BCUT2D eigenvalue weighted by Crippen LogP contribution is 2.23. The minimum absolute atomic E-state index is 0.118. The molecule has 0 aliphatic carbocycles. The molecule has 82 valence electrons. The first kappa shape index (κ1) is 12.1. The van der Waals surface area contributed by atoms with Crippen LogP contribution < -0.4 is 11.3 Å². The average molecular weight is 224 g/mol. The van der Waals surface area contributed by atoms with E-state index in [2.05, 4.69) is 37.5 Å². The number of amides is 1. The second kappa shape index (κ2) is 5.78. The molecular formula is C11H16N2OS. The monoisotopic (exact) mass is 224 g/mol. The van der Waals surface area contributed by atoms with Crippen LogP contribution in [0.2, 0.25) is 0 Å². The van der Waals surface area contributed by atoms with E-state index in [-0.39, 0.29) is 5.91 Å². The van der Waals surface area contributed by atoms with Crippen molar-refractivity contribution in [3.05, 3.63) is 29.3 Å². The SMILES string of the molecule is Cc1ccc(SCCC(=O)NN)c(C)c1. The number of benzene rings is 1. The summed E-state index contributed by atoms with van der Waals surface area (Å²) in [6.07, 6.45) is 0.453. The van der Waals surface area contributed by atoms with Crippen molar-refractivity contribution in [2.45, 2.75) is 25.2 Å². The van der Waals surface area contributed by atoms with Crippen molar-refractivity contribution in [1.82, 2.24) is 5.43 Å². The highest BCUT2D eigenvalue weighted by molar-refractivity contribution is 7.99. The highest BCUT2D eigenvalue weighted by atomic mass is 32.2. The smallest absolute Gasteiger partial charge is 0.234 e. The maximum absolute atomic E-state index is 10.9. The molecule has 3 N–H and O–H groups in total. The zero-order valence-electron chi connectivity index (χ0n) is 9.04. The molecule has 0 aliphatic rings. The summed E-state index contributed by atoms with van der Waals surface area (Å²) in [6, 6.07) is 6.32. The molecule has 0 spiro atoms. The number of aryl methyl sites for hydroxylation is 2. The summed E-state index contributed by atoms with van der Waals surface area (Å²) in [7, 11) is 0. The van der Waals surface area contributed by atoms with E-state index in [9.17, 15) is 4.79 Å². The van der Waals surface area contributed by atoms with Crippen LogP contribution >= 0.6 is 11.8 Å². The summed E-state index contributed by atoms with van der Waals surface area (Å²) >= 11 is 1.68. The van der Waals surface area contributed by atoms with Gasteiger partial charge in [0.25, 0.3) is 0 Å². The average Bonchev–Trinajstić information content (AvgIpc) is 2.21. The molecule has 1 aromatic carbocycles. The minimum atomic E-state index is -0.118. The molecule has 15 heavy (non-hydrogen) atoms. The predicted octanol–water partition coefficient (Wildman–Crippen LogP) is 1.78. The summed E-state index contributed by atoms with van der Waals surface area (Å²) in [4.78, 5) is 12.1. The first-order valence-corrected chi connectivity index (χ1v) is 5.81. The molecule has 0 radical (unpaired) electrons. The molecule has 0 atom stereocenters. The van der Waals surface area contributed by atoms with Gasteiger partial charge in [0.1, 0.15) is 0 Å². The van der Waals surface area contributed by atoms with Crippen LogP contribution in [0.3, 0.4) is 0 Å². The maximum Gasteiger partial charge on any atom is 0.234 e. The van der Waals surface area contributed by atoms with Gasteiger partial charge in [-0.25, -0.2) is 5.84 Å². The summed E-state index contributed by atoms with van der Waals surface area (Å²) in [6.45, 7) is 4.15. The Kier molecular flexibility index (Phi) is 4.65. The van der Waals surface area contributed by atoms with Crippen molar-refractivity contribution >= 4 is 17.7 Å². The van der Waals surface area contributed by atoms with E-state index < -0.39 is 0 Å². The van der Waals surface area contributed by atoms with E-state index in [1.807, 2.05) is 0 Å². The number of thioether (sulfide) groups is 1. The lowest BCUT2D eigenvalue weighted by Gasteiger charge is -2.05. The Balaban J connectivity index is 2.47. The third kappa shape index (κ3) is 3.93. The van der Waals surface area contributed by atoms with Crippen molar-refractivity contribution in [3.8, 4) is 0 Å². The van der Waals surface area contributed by atoms with Gasteiger partial charge >= 0.3 is 0 Å². The van der Waals surface area contributed by atoms with Crippen LogP contribution in [0.5, 0.6) is 0 Å². The Morgan fingerprint density at radius 1 is 1.47 bits per heavy atom. The van der Waals surface area contributed by atoms with Crippen molar-refractivity contribution in [2.24, 2.45) is 5.84 Å². The predicted molar refractivity (Wildman–Crippen MR) is 63.6 cm³/mol. The largest absolute Gasteiger partial charge is 0.294 e. The molecule has 4 heteroatoms. The molecule has 0 aromatic heterocycles. The van der Waals surface area contributed by atoms with Gasteiger partial charge in [-0.2, -0.15) is 0 Å². The van der Waals surface area contributed by atoms with E-state index in [0.717, 1.165) is 5.75 Å². The van der Waals surface area contributed by atoms with Crippen LogP contribution in [-0.2, 0) is 4.79 Å². The minimum Gasteiger partial charge on any atom is -0.294 e. The molecule has 0 aliphatic heterocycles. The Morgan fingerprint density at radius 2 is 2.20 bits per heavy atom. The normalized spacial score (nSPS) is 10.1. The van der Waals surface area contributed by atoms with Gasteiger partial charge in [-0.15, -0.1) is 11.8 Å². The van der Waals surface area contributed by atoms with E-state index in [0.29, 0.717) is 6.42 Å². The fourth-order valence-electron chi connectivity index (χ4n) is 1.29. The summed E-state index contributed by atoms with van der Waals surface area (Å²) in [5, 5.41) is 0. The highest BCUT2D eigenvalue weighted by Gasteiger charge is 2.02. The van der Waals surface area contributed by atoms with Gasteiger partial charge in [0, 0.05) is 17.1 Å². The number of nitrogens with two attached hydrogens (primary N) is 1. The number of hydrazine groups is 1. The van der Waals surface area contributed by atoms with Crippen molar-refractivity contribution in [3.63, 3.8) is 0 Å². The van der Waals surface area contributed by atoms with Gasteiger partial charge in [0.05, 0.1) is 0 Å². The Morgan fingerprint density at radius 3 is 2.80 bits per heavy atom. The second-order valence-electron chi connectivity index (χ2n) is 3.43. The van der Waals surface area contributed by atoms with Crippen LogP contribution in [0.4, 0.5) is 0 Å². The fourth-order valence-corrected chi connectivity index (χ4v) is 2.25. The molecule has 0 unspecified atom stereocenters. The molecule has 0 fully saturated rings. The van der Waals surface area contributed by atoms with E-state index in [1.54, 1.807) is 11.8 Å². The van der Waals surface area contributed by atoms with Crippen molar-refractivity contribution in [1.29, 1.82) is 0 Å².